The van der Waals surface area contributed by atoms with Gasteiger partial charge in [0.1, 0.15) is 5.69 Å². The number of anilines is 1. The quantitative estimate of drug-likeness (QED) is 0.741. The molecule has 2 aromatic heterocycles. The Morgan fingerprint density at radius 1 is 1.28 bits per heavy atom. The monoisotopic (exact) mass is 415 g/mol. The van der Waals surface area contributed by atoms with E-state index in [2.05, 4.69) is 28.7 Å². The van der Waals surface area contributed by atoms with Crippen molar-refractivity contribution in [1.82, 2.24) is 19.9 Å². The zero-order valence-electron chi connectivity index (χ0n) is 16.7. The van der Waals surface area contributed by atoms with Gasteiger partial charge in [-0.25, -0.2) is 15.0 Å². The third kappa shape index (κ3) is 3.41. The summed E-state index contributed by atoms with van der Waals surface area (Å²) in [4.78, 5) is 30.7. The molecule has 2 saturated heterocycles. The molecule has 29 heavy (non-hydrogen) atoms. The van der Waals surface area contributed by atoms with Crippen LogP contribution in [0.15, 0.2) is 17.1 Å². The smallest absolute Gasteiger partial charge is 0.273 e. The lowest BCUT2D eigenvalue weighted by Gasteiger charge is -2.38. The number of fused-ring (bicyclic) bond motifs is 2. The maximum atomic E-state index is 12.8. The largest absolute Gasteiger partial charge is 0.376 e. The first-order valence-electron chi connectivity index (χ1n) is 10.1. The van der Waals surface area contributed by atoms with Crippen LogP contribution in [0, 0.1) is 0 Å². The van der Waals surface area contributed by atoms with Gasteiger partial charge in [0.2, 0.25) is 5.95 Å². The van der Waals surface area contributed by atoms with Crippen molar-refractivity contribution in [1.29, 1.82) is 0 Å². The molecule has 0 N–H and O–H groups in total. The lowest BCUT2D eigenvalue weighted by atomic mass is 9.80. The zero-order chi connectivity index (χ0) is 20.0. The molecule has 3 aliphatic heterocycles. The van der Waals surface area contributed by atoms with Crippen LogP contribution in [0.5, 0.6) is 0 Å². The fourth-order valence-electron chi connectivity index (χ4n) is 4.72. The van der Waals surface area contributed by atoms with Crippen molar-refractivity contribution in [3.8, 4) is 0 Å². The van der Waals surface area contributed by atoms with Crippen molar-refractivity contribution < 1.29 is 14.3 Å². The first-order chi connectivity index (χ1) is 14.0. The van der Waals surface area contributed by atoms with Gasteiger partial charge in [-0.15, -0.1) is 11.3 Å². The van der Waals surface area contributed by atoms with E-state index in [9.17, 15) is 4.79 Å². The summed E-state index contributed by atoms with van der Waals surface area (Å²) in [5.74, 6) is 0.733. The Balaban J connectivity index is 1.43. The summed E-state index contributed by atoms with van der Waals surface area (Å²) in [5.41, 5.74) is 4.00. The Morgan fingerprint density at radius 3 is 2.86 bits per heavy atom. The second kappa shape index (κ2) is 7.30. The highest BCUT2D eigenvalue weighted by atomic mass is 32.1. The van der Waals surface area contributed by atoms with Crippen molar-refractivity contribution in [3.05, 3.63) is 34.0 Å². The summed E-state index contributed by atoms with van der Waals surface area (Å²) < 4.78 is 11.8. The molecule has 9 heteroatoms. The summed E-state index contributed by atoms with van der Waals surface area (Å²) in [7, 11) is 0. The van der Waals surface area contributed by atoms with E-state index in [1.165, 1.54) is 11.3 Å². The van der Waals surface area contributed by atoms with Crippen LogP contribution in [0.4, 0.5) is 5.95 Å². The molecule has 0 saturated carbocycles. The van der Waals surface area contributed by atoms with Gasteiger partial charge in [-0.3, -0.25) is 4.79 Å². The summed E-state index contributed by atoms with van der Waals surface area (Å²) >= 11 is 1.44. The SMILES string of the molecule is C[C@@H]1CN(c2ncc3c(n2)[C@@]2(CCN(C(=O)c4cscn4)C2)COC3)C[C@@H](C)O1. The number of amides is 1. The number of morpholine rings is 1. The van der Waals surface area contributed by atoms with Gasteiger partial charge in [-0.2, -0.15) is 0 Å². The number of hydrogen-bond donors (Lipinski definition) is 0. The van der Waals surface area contributed by atoms with Gasteiger partial charge in [-0.1, -0.05) is 0 Å². The first-order valence-corrected chi connectivity index (χ1v) is 11.0. The topological polar surface area (TPSA) is 80.7 Å². The van der Waals surface area contributed by atoms with E-state index < -0.39 is 0 Å². The minimum Gasteiger partial charge on any atom is -0.376 e. The molecule has 0 unspecified atom stereocenters. The molecule has 1 amide bonds. The van der Waals surface area contributed by atoms with Crippen molar-refractivity contribution in [2.24, 2.45) is 0 Å². The predicted octanol–water partition coefficient (Wildman–Crippen LogP) is 1.86. The molecule has 0 radical (unpaired) electrons. The molecule has 3 atom stereocenters. The predicted molar refractivity (Wildman–Crippen MR) is 108 cm³/mol. The Bertz CT molecular complexity index is 898. The molecule has 2 fully saturated rings. The van der Waals surface area contributed by atoms with Crippen molar-refractivity contribution in [3.63, 3.8) is 0 Å². The average molecular weight is 416 g/mol. The highest BCUT2D eigenvalue weighted by molar-refractivity contribution is 7.07. The summed E-state index contributed by atoms with van der Waals surface area (Å²) in [6, 6.07) is 0. The van der Waals surface area contributed by atoms with Crippen molar-refractivity contribution in [2.75, 3.05) is 37.7 Å². The van der Waals surface area contributed by atoms with Gasteiger partial charge in [0.15, 0.2) is 0 Å². The number of thiazole rings is 1. The normalized spacial score (nSPS) is 29.3. The van der Waals surface area contributed by atoms with E-state index in [0.29, 0.717) is 32.0 Å². The fraction of sp³-hybridized carbons (Fsp3) is 0.600. The van der Waals surface area contributed by atoms with Crippen LogP contribution in [0.25, 0.3) is 0 Å². The van der Waals surface area contributed by atoms with E-state index >= 15 is 0 Å². The number of nitrogens with zero attached hydrogens (tertiary/aromatic N) is 5. The van der Waals surface area contributed by atoms with Gasteiger partial charge >= 0.3 is 0 Å². The minimum atomic E-state index is -0.277. The van der Waals surface area contributed by atoms with E-state index in [1.807, 2.05) is 11.1 Å². The summed E-state index contributed by atoms with van der Waals surface area (Å²) in [6.45, 7) is 8.10. The highest BCUT2D eigenvalue weighted by Gasteiger charge is 2.46. The molecular formula is C20H25N5O3S. The van der Waals surface area contributed by atoms with E-state index in [-0.39, 0.29) is 23.5 Å². The van der Waals surface area contributed by atoms with Crippen LogP contribution in [0.2, 0.25) is 0 Å². The highest BCUT2D eigenvalue weighted by Crippen LogP contribution is 2.40. The first kappa shape index (κ1) is 18.9. The summed E-state index contributed by atoms with van der Waals surface area (Å²) in [6.07, 6.45) is 3.03. The van der Waals surface area contributed by atoms with Crippen LogP contribution in [-0.2, 0) is 21.5 Å². The molecule has 2 aromatic rings. The van der Waals surface area contributed by atoms with Gasteiger partial charge in [0, 0.05) is 43.3 Å². The van der Waals surface area contributed by atoms with Crippen molar-refractivity contribution in [2.45, 2.75) is 44.5 Å². The third-order valence-corrected chi connectivity index (χ3v) is 6.57. The Morgan fingerprint density at radius 2 is 2.10 bits per heavy atom. The molecule has 0 aliphatic carbocycles. The Kier molecular flexibility index (Phi) is 4.76. The zero-order valence-corrected chi connectivity index (χ0v) is 17.5. The fourth-order valence-corrected chi connectivity index (χ4v) is 5.24. The molecule has 5 heterocycles. The molecule has 1 spiro atoms. The lowest BCUT2D eigenvalue weighted by Crippen LogP contribution is -2.47. The van der Waals surface area contributed by atoms with Crippen LogP contribution in [0.3, 0.4) is 0 Å². The Hall–Kier alpha value is -2.10. The molecule has 8 nitrogen and oxygen atoms in total. The maximum absolute atomic E-state index is 12.8. The van der Waals surface area contributed by atoms with Crippen LogP contribution in [0.1, 0.15) is 42.0 Å². The van der Waals surface area contributed by atoms with Gasteiger partial charge in [0.05, 0.1) is 42.0 Å². The lowest BCUT2D eigenvalue weighted by molar-refractivity contribution is -0.00584. The average Bonchev–Trinajstić information content (AvgIpc) is 3.38. The van der Waals surface area contributed by atoms with Crippen LogP contribution < -0.4 is 4.90 Å². The standard InChI is InChI=1S/C20H25N5O3S/c1-13-6-25(7-14(2)28-13)19-21-5-15-8-27-11-20(17(15)23-19)3-4-24(10-20)18(26)16-9-29-12-22-16/h5,9,12-14H,3-4,6-8,10-11H2,1-2H3/t13-,14-,20-/m1/s1. The molecular weight excluding hydrogens is 390 g/mol. The summed E-state index contributed by atoms with van der Waals surface area (Å²) in [5, 5.41) is 1.81. The van der Waals surface area contributed by atoms with E-state index in [0.717, 1.165) is 36.7 Å². The molecule has 5 rings (SSSR count). The van der Waals surface area contributed by atoms with E-state index in [4.69, 9.17) is 14.5 Å². The van der Waals surface area contributed by atoms with Gasteiger partial charge in [0.25, 0.3) is 5.91 Å². The number of aromatic nitrogens is 3. The molecule has 3 aliphatic rings. The van der Waals surface area contributed by atoms with Gasteiger partial charge < -0.3 is 19.3 Å². The number of hydrogen-bond acceptors (Lipinski definition) is 8. The van der Waals surface area contributed by atoms with Crippen molar-refractivity contribution >= 4 is 23.2 Å². The second-order valence-corrected chi connectivity index (χ2v) is 9.05. The number of rotatable bonds is 2. The number of ether oxygens (including phenoxy) is 2. The Labute approximate surface area is 173 Å². The number of carbonyl (C=O) groups excluding carboxylic acids is 1. The number of carbonyl (C=O) groups is 1. The molecule has 0 aromatic carbocycles. The van der Waals surface area contributed by atoms with E-state index in [1.54, 1.807) is 10.9 Å². The van der Waals surface area contributed by atoms with Gasteiger partial charge in [-0.05, 0) is 20.3 Å². The number of likely N-dealkylation sites (tertiary alicyclic amines) is 1. The van der Waals surface area contributed by atoms with Crippen LogP contribution in [-0.4, -0.2) is 70.8 Å². The molecule has 154 valence electrons. The molecule has 0 bridgehead atoms. The maximum Gasteiger partial charge on any atom is 0.273 e. The minimum absolute atomic E-state index is 0.0136. The second-order valence-electron chi connectivity index (χ2n) is 8.33. The third-order valence-electron chi connectivity index (χ3n) is 5.98. The van der Waals surface area contributed by atoms with Crippen LogP contribution >= 0.6 is 11.3 Å².